The van der Waals surface area contributed by atoms with Crippen LogP contribution in [0, 0.1) is 6.92 Å². The summed E-state index contributed by atoms with van der Waals surface area (Å²) in [6.07, 6.45) is 0. The van der Waals surface area contributed by atoms with Crippen molar-refractivity contribution in [2.24, 2.45) is 0 Å². The van der Waals surface area contributed by atoms with Crippen LogP contribution in [0.2, 0.25) is 0 Å². The van der Waals surface area contributed by atoms with Crippen LogP contribution in [0.4, 0.5) is 5.69 Å². The van der Waals surface area contributed by atoms with E-state index in [2.05, 4.69) is 36.9 Å². The molecular weight excluding hydrogens is 452 g/mol. The number of aryl methyl sites for hydroxylation is 1. The SMILES string of the molecule is Cc1cccc(N2CCN(C(=O)Cn3c(=O)c(=O)n(Cc4ccccc4)c4ccccc43)C[C@@H]2C)c1. The van der Waals surface area contributed by atoms with Crippen LogP contribution in [-0.2, 0) is 17.9 Å². The lowest BCUT2D eigenvalue weighted by atomic mass is 10.1. The number of anilines is 1. The van der Waals surface area contributed by atoms with Crippen molar-refractivity contribution in [1.82, 2.24) is 14.0 Å². The highest BCUT2D eigenvalue weighted by atomic mass is 16.2. The maximum Gasteiger partial charge on any atom is 0.317 e. The minimum Gasteiger partial charge on any atom is -0.365 e. The highest BCUT2D eigenvalue weighted by Crippen LogP contribution is 2.22. The van der Waals surface area contributed by atoms with E-state index >= 15 is 0 Å². The predicted molar refractivity (Wildman–Crippen MR) is 143 cm³/mol. The smallest absolute Gasteiger partial charge is 0.317 e. The normalized spacial score (nSPS) is 15.9. The van der Waals surface area contributed by atoms with Crippen molar-refractivity contribution in [3.05, 3.63) is 111 Å². The summed E-state index contributed by atoms with van der Waals surface area (Å²) in [6.45, 7) is 6.16. The molecule has 1 saturated heterocycles. The average molecular weight is 483 g/mol. The molecule has 1 aromatic heterocycles. The van der Waals surface area contributed by atoms with Gasteiger partial charge in [-0.15, -0.1) is 0 Å². The molecular formula is C29H30N4O3. The van der Waals surface area contributed by atoms with Crippen molar-refractivity contribution in [3.63, 3.8) is 0 Å². The Labute approximate surface area is 209 Å². The van der Waals surface area contributed by atoms with E-state index < -0.39 is 11.1 Å². The molecule has 1 fully saturated rings. The number of carbonyl (C=O) groups excluding carboxylic acids is 1. The number of aromatic nitrogens is 2. The van der Waals surface area contributed by atoms with Crippen LogP contribution in [-0.4, -0.2) is 45.6 Å². The maximum atomic E-state index is 13.3. The Bertz CT molecular complexity index is 1520. The van der Waals surface area contributed by atoms with Crippen molar-refractivity contribution >= 4 is 22.6 Å². The summed E-state index contributed by atoms with van der Waals surface area (Å²) in [4.78, 5) is 43.8. The highest BCUT2D eigenvalue weighted by Gasteiger charge is 2.28. The Kier molecular flexibility index (Phi) is 6.46. The summed E-state index contributed by atoms with van der Waals surface area (Å²) in [5.41, 5.74) is 3.20. The molecule has 4 aromatic rings. The van der Waals surface area contributed by atoms with E-state index in [1.165, 1.54) is 14.7 Å². The molecule has 184 valence electrons. The summed E-state index contributed by atoms with van der Waals surface area (Å²) in [6, 6.07) is 25.4. The largest absolute Gasteiger partial charge is 0.365 e. The van der Waals surface area contributed by atoms with E-state index in [9.17, 15) is 14.4 Å². The van der Waals surface area contributed by atoms with Gasteiger partial charge in [0.15, 0.2) is 0 Å². The van der Waals surface area contributed by atoms with Gasteiger partial charge in [0.2, 0.25) is 5.91 Å². The topological polar surface area (TPSA) is 67.5 Å². The van der Waals surface area contributed by atoms with Crippen molar-refractivity contribution in [2.75, 3.05) is 24.5 Å². The van der Waals surface area contributed by atoms with E-state index in [1.54, 1.807) is 11.0 Å². The lowest BCUT2D eigenvalue weighted by Gasteiger charge is -2.41. The zero-order valence-corrected chi connectivity index (χ0v) is 20.6. The summed E-state index contributed by atoms with van der Waals surface area (Å²) < 4.78 is 2.83. The predicted octanol–water partition coefficient (Wildman–Crippen LogP) is 3.26. The molecule has 0 spiro atoms. The quantitative estimate of drug-likeness (QED) is 0.410. The molecule has 3 aromatic carbocycles. The number of amides is 1. The van der Waals surface area contributed by atoms with Gasteiger partial charge in [0.1, 0.15) is 6.54 Å². The highest BCUT2D eigenvalue weighted by molar-refractivity contribution is 5.80. The Morgan fingerprint density at radius 2 is 1.50 bits per heavy atom. The lowest BCUT2D eigenvalue weighted by molar-refractivity contribution is -0.132. The van der Waals surface area contributed by atoms with E-state index in [1.807, 2.05) is 54.6 Å². The average Bonchev–Trinajstić information content (AvgIpc) is 2.89. The number of rotatable bonds is 5. The van der Waals surface area contributed by atoms with Gasteiger partial charge in [-0.3, -0.25) is 23.5 Å². The summed E-state index contributed by atoms with van der Waals surface area (Å²) in [5, 5.41) is 0. The van der Waals surface area contributed by atoms with Gasteiger partial charge in [0.05, 0.1) is 17.6 Å². The van der Waals surface area contributed by atoms with Gasteiger partial charge in [-0.1, -0.05) is 54.6 Å². The Morgan fingerprint density at radius 1 is 0.833 bits per heavy atom. The molecule has 1 amide bonds. The summed E-state index contributed by atoms with van der Waals surface area (Å²) >= 11 is 0. The van der Waals surface area contributed by atoms with Crippen LogP contribution < -0.4 is 16.0 Å². The zero-order valence-electron chi connectivity index (χ0n) is 20.6. The summed E-state index contributed by atoms with van der Waals surface area (Å²) in [7, 11) is 0. The fourth-order valence-electron chi connectivity index (χ4n) is 5.06. The Balaban J connectivity index is 1.40. The number of para-hydroxylation sites is 2. The number of benzene rings is 3. The van der Waals surface area contributed by atoms with Crippen LogP contribution in [0.1, 0.15) is 18.1 Å². The minimum absolute atomic E-state index is 0.136. The molecule has 0 aliphatic carbocycles. The van der Waals surface area contributed by atoms with Crippen molar-refractivity contribution in [3.8, 4) is 0 Å². The van der Waals surface area contributed by atoms with E-state index in [0.717, 1.165) is 11.3 Å². The third-order valence-electron chi connectivity index (χ3n) is 6.93. The van der Waals surface area contributed by atoms with E-state index in [0.29, 0.717) is 37.2 Å². The molecule has 5 rings (SSSR count). The van der Waals surface area contributed by atoms with Gasteiger partial charge in [-0.05, 0) is 49.2 Å². The van der Waals surface area contributed by atoms with E-state index in [4.69, 9.17) is 0 Å². The van der Waals surface area contributed by atoms with Crippen molar-refractivity contribution in [1.29, 1.82) is 0 Å². The number of fused-ring (bicyclic) bond motifs is 1. The monoisotopic (exact) mass is 482 g/mol. The molecule has 0 saturated carbocycles. The Hall–Kier alpha value is -4.13. The number of piperazine rings is 1. The zero-order chi connectivity index (χ0) is 25.2. The van der Waals surface area contributed by atoms with Crippen LogP contribution in [0.25, 0.3) is 11.0 Å². The van der Waals surface area contributed by atoms with Crippen LogP contribution in [0.15, 0.2) is 88.5 Å². The lowest BCUT2D eigenvalue weighted by Crippen LogP contribution is -2.55. The molecule has 0 bridgehead atoms. The number of hydrogen-bond donors (Lipinski definition) is 0. The first kappa shape index (κ1) is 23.6. The molecule has 1 atom stereocenters. The molecule has 7 nitrogen and oxygen atoms in total. The maximum absolute atomic E-state index is 13.3. The van der Waals surface area contributed by atoms with Gasteiger partial charge in [0.25, 0.3) is 0 Å². The van der Waals surface area contributed by atoms with Crippen LogP contribution in [0.3, 0.4) is 0 Å². The van der Waals surface area contributed by atoms with Gasteiger partial charge in [0, 0.05) is 31.4 Å². The van der Waals surface area contributed by atoms with Gasteiger partial charge < -0.3 is 9.80 Å². The molecule has 0 unspecified atom stereocenters. The first-order valence-corrected chi connectivity index (χ1v) is 12.3. The van der Waals surface area contributed by atoms with Crippen molar-refractivity contribution < 1.29 is 4.79 Å². The first-order valence-electron chi connectivity index (χ1n) is 12.3. The molecule has 2 heterocycles. The summed E-state index contributed by atoms with van der Waals surface area (Å²) in [5.74, 6) is -0.154. The number of nitrogens with zero attached hydrogens (tertiary/aromatic N) is 4. The fraction of sp³-hybridized carbons (Fsp3) is 0.276. The van der Waals surface area contributed by atoms with Crippen LogP contribution in [0.5, 0.6) is 0 Å². The third kappa shape index (κ3) is 4.56. The number of hydrogen-bond acceptors (Lipinski definition) is 4. The molecule has 0 N–H and O–H groups in total. The second-order valence-electron chi connectivity index (χ2n) is 9.48. The van der Waals surface area contributed by atoms with Crippen LogP contribution >= 0.6 is 0 Å². The Morgan fingerprint density at radius 3 is 2.19 bits per heavy atom. The molecule has 7 heteroatoms. The standard InChI is InChI=1S/C29H30N4O3/c1-21-9-8-12-24(17-21)31-16-15-30(18-22(31)2)27(34)20-33-26-14-7-6-13-25(26)32(28(35)29(33)36)19-23-10-4-3-5-11-23/h3-14,17,22H,15-16,18-20H2,1-2H3/t22-/m0/s1. The third-order valence-corrected chi connectivity index (χ3v) is 6.93. The van der Waals surface area contributed by atoms with Crippen molar-refractivity contribution in [2.45, 2.75) is 33.0 Å². The first-order chi connectivity index (χ1) is 17.4. The molecule has 1 aliphatic rings. The molecule has 0 radical (unpaired) electrons. The fourth-order valence-corrected chi connectivity index (χ4v) is 5.06. The number of carbonyl (C=O) groups is 1. The van der Waals surface area contributed by atoms with E-state index in [-0.39, 0.29) is 18.5 Å². The minimum atomic E-state index is -0.676. The molecule has 1 aliphatic heterocycles. The second kappa shape index (κ2) is 9.85. The van der Waals surface area contributed by atoms with Gasteiger partial charge in [-0.2, -0.15) is 0 Å². The van der Waals surface area contributed by atoms with Gasteiger partial charge >= 0.3 is 11.1 Å². The second-order valence-corrected chi connectivity index (χ2v) is 9.48. The molecule has 36 heavy (non-hydrogen) atoms. The van der Waals surface area contributed by atoms with Gasteiger partial charge in [-0.25, -0.2) is 0 Å².